The van der Waals surface area contributed by atoms with Crippen LogP contribution in [0.25, 0.3) is 0 Å². The summed E-state index contributed by atoms with van der Waals surface area (Å²) in [5.41, 5.74) is 4.62. The van der Waals surface area contributed by atoms with Gasteiger partial charge < -0.3 is 24.9 Å². The number of carboxylic acid groups (broad SMARTS) is 3. The number of nitrogens with one attached hydrogen (secondary N) is 4. The highest BCUT2D eigenvalue weighted by Crippen LogP contribution is 2.12. The average molecular weight is 1300 g/mol. The lowest BCUT2D eigenvalue weighted by molar-refractivity contribution is -0.683. The number of carboxylic acids is 3. The summed E-state index contributed by atoms with van der Waals surface area (Å²) in [6.45, 7) is 11.2. The third-order valence-electron chi connectivity index (χ3n) is 12.1. The number of ketones is 2. The van der Waals surface area contributed by atoms with Crippen LogP contribution in [-0.2, 0) is 47.5 Å². The summed E-state index contributed by atoms with van der Waals surface area (Å²) < 4.78 is 46.9. The number of nitrogens with zero attached hydrogens (tertiary/aromatic N) is 2. The zero-order valence-electron chi connectivity index (χ0n) is 52.1. The minimum atomic E-state index is -3.53. The number of carbonyl (C=O) groups excluding carboxylic acids is 6. The van der Waals surface area contributed by atoms with E-state index in [1.165, 1.54) is 163 Å². The van der Waals surface area contributed by atoms with Crippen LogP contribution in [0.5, 0.6) is 0 Å². The van der Waals surface area contributed by atoms with E-state index in [4.69, 9.17) is 5.11 Å². The highest BCUT2D eigenvalue weighted by atomic mass is 32.2. The average Bonchev–Trinajstić information content (AvgIpc) is 4.27. The topological polar surface area (TPSA) is 310 Å². The molecule has 87 heavy (non-hydrogen) atoms. The number of aliphatic carboxylic acids is 3. The number of hydrazine groups is 2. The first-order valence-corrected chi connectivity index (χ1v) is 35.7. The van der Waals surface area contributed by atoms with Crippen LogP contribution in [0.4, 0.5) is 0 Å². The molecule has 0 unspecified atom stereocenters. The van der Waals surface area contributed by atoms with Crippen molar-refractivity contribution in [1.82, 2.24) is 20.5 Å². The molecule has 0 saturated carbocycles. The van der Waals surface area contributed by atoms with E-state index < -0.39 is 49.8 Å². The third kappa shape index (κ3) is 55.3. The van der Waals surface area contributed by atoms with Crippen molar-refractivity contribution in [1.29, 1.82) is 0 Å². The van der Waals surface area contributed by atoms with Gasteiger partial charge in [0.05, 0.1) is 22.3 Å². The van der Waals surface area contributed by atoms with Crippen molar-refractivity contribution < 1.29 is 74.9 Å². The molecule has 0 atom stereocenters. The zero-order valence-corrected chi connectivity index (χ0v) is 55.3. The fourth-order valence-corrected chi connectivity index (χ4v) is 9.35. The van der Waals surface area contributed by atoms with Gasteiger partial charge in [0.2, 0.25) is 44.7 Å². The molecular formula is C63H104N6O14S4. The first-order chi connectivity index (χ1) is 40.9. The molecule has 24 heteroatoms. The van der Waals surface area contributed by atoms with E-state index in [0.717, 1.165) is 57.5 Å². The number of Topliss-reactive ketones (excluding diaryl/α,β-unsaturated/α-hetero) is 2. The Balaban J connectivity index is -0.00000101. The van der Waals surface area contributed by atoms with Gasteiger partial charge in [-0.15, -0.1) is 32.3 Å². The molecular weight excluding hydrogens is 1190 g/mol. The summed E-state index contributed by atoms with van der Waals surface area (Å²) >= 11 is 2.71. The minimum absolute atomic E-state index is 0. The van der Waals surface area contributed by atoms with E-state index in [9.17, 15) is 60.6 Å². The Kier molecular flexibility index (Phi) is 54.5. The number of rotatable bonds is 39. The van der Waals surface area contributed by atoms with Gasteiger partial charge in [0.25, 0.3) is 11.8 Å². The molecule has 0 aromatic carbocycles. The quantitative estimate of drug-likeness (QED) is 0.0120. The third-order valence-corrected chi connectivity index (χ3v) is 14.9. The molecule has 4 aromatic rings. The van der Waals surface area contributed by atoms with Gasteiger partial charge in [-0.1, -0.05) is 195 Å². The normalized spacial score (nSPS) is 10.4. The molecule has 0 aliphatic carbocycles. The van der Waals surface area contributed by atoms with Crippen LogP contribution in [-0.4, -0.2) is 75.7 Å². The molecule has 5 N–H and O–H groups in total. The number of thiophene rings is 2. The Labute approximate surface area is 528 Å². The predicted octanol–water partition coefficient (Wildman–Crippen LogP) is 10.4. The Bertz CT molecular complexity index is 2500. The van der Waals surface area contributed by atoms with Crippen LogP contribution < -0.4 is 39.9 Å². The lowest BCUT2D eigenvalue weighted by Gasteiger charge is -2.04. The molecule has 2 amide bonds. The number of hydrogen-bond donors (Lipinski definition) is 5. The molecule has 20 nitrogen and oxygen atoms in total. The van der Waals surface area contributed by atoms with Crippen molar-refractivity contribution in [2.75, 3.05) is 12.5 Å². The van der Waals surface area contributed by atoms with Gasteiger partial charge in [-0.05, 0) is 67.1 Å². The SMILES string of the molecule is C.CCCCCCCC.CCCCCCCC(=O)[O-].CCCCCCCCCC(=O)O.CCCCCCCCCC(=O)[O-].CS(=O)(=O)NNC(=O)c1ccc[n+](CC(=O)c2cccs2)c1.CS(=O)(=O)NNC(=O)c1ccc[n+](CC(=O)c2cccs2)c1. The van der Waals surface area contributed by atoms with Crippen molar-refractivity contribution in [2.45, 2.75) is 235 Å². The smallest absolute Gasteiger partial charge is 0.303 e. The van der Waals surface area contributed by atoms with Gasteiger partial charge in [0, 0.05) is 30.5 Å². The maximum Gasteiger partial charge on any atom is 0.303 e. The lowest BCUT2D eigenvalue weighted by Crippen LogP contribution is -2.43. The molecule has 0 aliphatic heterocycles. The van der Waals surface area contributed by atoms with Gasteiger partial charge in [0.15, 0.2) is 24.8 Å². The summed E-state index contributed by atoms with van der Waals surface area (Å²) in [7, 11) is -7.05. The highest BCUT2D eigenvalue weighted by Gasteiger charge is 2.18. The van der Waals surface area contributed by atoms with Gasteiger partial charge in [0.1, 0.15) is 11.1 Å². The summed E-state index contributed by atoms with van der Waals surface area (Å²) in [6, 6.07) is 13.3. The Morgan fingerprint density at radius 3 is 0.989 bits per heavy atom. The summed E-state index contributed by atoms with van der Waals surface area (Å²) in [5.74, 6) is -3.84. The first kappa shape index (κ1) is 85.4. The van der Waals surface area contributed by atoms with Crippen LogP contribution in [0, 0.1) is 0 Å². The van der Waals surface area contributed by atoms with Gasteiger partial charge >= 0.3 is 5.97 Å². The number of amides is 2. The first-order valence-electron chi connectivity index (χ1n) is 30.2. The fourth-order valence-electron chi connectivity index (χ4n) is 7.48. The van der Waals surface area contributed by atoms with Crippen LogP contribution >= 0.6 is 22.7 Å². The molecule has 494 valence electrons. The number of aromatic nitrogens is 2. The van der Waals surface area contributed by atoms with Gasteiger partial charge in [-0.3, -0.25) is 34.8 Å². The molecule has 0 saturated heterocycles. The molecule has 0 bridgehead atoms. The molecule has 4 heterocycles. The van der Waals surface area contributed by atoms with Crippen LogP contribution in [0.2, 0.25) is 0 Å². The maximum atomic E-state index is 12.0. The van der Waals surface area contributed by atoms with E-state index in [1.54, 1.807) is 57.9 Å². The van der Waals surface area contributed by atoms with E-state index in [1.807, 2.05) is 20.4 Å². The molecule has 0 spiro atoms. The summed E-state index contributed by atoms with van der Waals surface area (Å²) in [4.78, 5) is 82.8. The number of unbranched alkanes of at least 4 members (excludes halogenated alkanes) is 21. The van der Waals surface area contributed by atoms with E-state index >= 15 is 0 Å². The molecule has 0 aliphatic rings. The van der Waals surface area contributed by atoms with Gasteiger partial charge in [-0.2, -0.15) is 9.13 Å². The minimum Gasteiger partial charge on any atom is -0.550 e. The number of pyridine rings is 2. The van der Waals surface area contributed by atoms with E-state index in [0.29, 0.717) is 16.2 Å². The van der Waals surface area contributed by atoms with Crippen molar-refractivity contribution in [2.24, 2.45) is 0 Å². The van der Waals surface area contributed by atoms with Crippen molar-refractivity contribution >= 4 is 84.0 Å². The number of hydrogen-bond acceptors (Lipinski definition) is 15. The molecule has 4 aromatic heterocycles. The maximum absolute atomic E-state index is 12.0. The van der Waals surface area contributed by atoms with Gasteiger partial charge in [-0.25, -0.2) is 16.8 Å². The predicted molar refractivity (Wildman–Crippen MR) is 343 cm³/mol. The summed E-state index contributed by atoms with van der Waals surface area (Å²) in [6.07, 6.45) is 39.2. The van der Waals surface area contributed by atoms with Crippen molar-refractivity contribution in [3.63, 3.8) is 0 Å². The van der Waals surface area contributed by atoms with E-state index in [-0.39, 0.29) is 56.1 Å². The van der Waals surface area contributed by atoms with Crippen LogP contribution in [0.3, 0.4) is 0 Å². The zero-order chi connectivity index (χ0) is 64.9. The number of carbonyl (C=O) groups is 7. The van der Waals surface area contributed by atoms with Crippen molar-refractivity contribution in [3.05, 3.63) is 105 Å². The van der Waals surface area contributed by atoms with Crippen LogP contribution in [0.1, 0.15) is 262 Å². The second-order valence-corrected chi connectivity index (χ2v) is 25.8. The van der Waals surface area contributed by atoms with Crippen LogP contribution in [0.15, 0.2) is 84.1 Å². The Morgan fingerprint density at radius 2 is 0.736 bits per heavy atom. The molecule has 0 radical (unpaired) electrons. The monoisotopic (exact) mass is 1300 g/mol. The standard InChI is InChI=1S/2C13H13N3O4S2.2C10H20O2.C8H16O2.C8H18.CH4/c2*1-22(19,20)15-14-13(18)10-4-2-6-16(8-10)9-11(17)12-5-3-7-21-12;2*1-2-3-4-5-6-7-8-9-10(11)12;1-2-3-4-5-6-7-8(9)10;1-3-5-7-8-6-4-2;/h2*2-8,15H,9H2,1H3;2*2-9H2,1H3,(H,11,12);2-7H2,1H3,(H,9,10);3-8H2,1-2H3;1H4. The largest absolute Gasteiger partial charge is 0.550 e. The fraction of sp³-hybridized carbons (Fsp3) is 0.603. The lowest BCUT2D eigenvalue weighted by atomic mass is 10.1. The Hall–Kier alpha value is -5.79. The summed E-state index contributed by atoms with van der Waals surface area (Å²) in [5, 5.41) is 31.9. The number of sulfonamides is 2. The van der Waals surface area contributed by atoms with E-state index in [2.05, 4.69) is 45.5 Å². The second kappa shape index (κ2) is 55.5. The highest BCUT2D eigenvalue weighted by molar-refractivity contribution is 7.88. The molecule has 0 fully saturated rings. The molecule has 4 rings (SSSR count). The second-order valence-electron chi connectivity index (χ2n) is 20.4. The Morgan fingerprint density at radius 1 is 0.448 bits per heavy atom. The van der Waals surface area contributed by atoms with Crippen molar-refractivity contribution in [3.8, 4) is 0 Å².